The molecule has 0 radical (unpaired) electrons. The molecule has 1 amide bonds. The average molecular weight is 605 g/mol. The molecular formula is C35H52N6O3. The van der Waals surface area contributed by atoms with Crippen LogP contribution in [0.1, 0.15) is 70.9 Å². The Balaban J connectivity index is 1.57. The third kappa shape index (κ3) is 8.95. The number of aromatic nitrogens is 1. The van der Waals surface area contributed by atoms with Gasteiger partial charge < -0.3 is 30.2 Å². The average Bonchev–Trinajstić information content (AvgIpc) is 3.00. The number of aryl methyl sites for hydroxylation is 2. The molecule has 2 heterocycles. The first-order valence-electron chi connectivity index (χ1n) is 16.2. The molecule has 240 valence electrons. The molecule has 0 bridgehead atoms. The van der Waals surface area contributed by atoms with Crippen LogP contribution >= 0.6 is 0 Å². The first-order valence-corrected chi connectivity index (χ1v) is 16.2. The second-order valence-electron chi connectivity index (χ2n) is 12.4. The molecule has 4 rings (SSSR count). The first-order chi connectivity index (χ1) is 21.2. The van der Waals surface area contributed by atoms with Crippen LogP contribution in [0.4, 0.5) is 5.69 Å². The summed E-state index contributed by atoms with van der Waals surface area (Å²) in [7, 11) is 3.90. The van der Waals surface area contributed by atoms with Gasteiger partial charge in [-0.1, -0.05) is 11.8 Å². The highest BCUT2D eigenvalue weighted by Gasteiger charge is 2.27. The molecule has 0 atom stereocenters. The summed E-state index contributed by atoms with van der Waals surface area (Å²) in [5.74, 6) is 6.59. The molecule has 1 aromatic carbocycles. The molecule has 1 aliphatic carbocycles. The van der Waals surface area contributed by atoms with E-state index in [0.717, 1.165) is 99.6 Å². The van der Waals surface area contributed by atoms with E-state index in [4.69, 9.17) is 4.74 Å². The predicted octanol–water partition coefficient (Wildman–Crippen LogP) is 3.20. The van der Waals surface area contributed by atoms with Crippen LogP contribution in [-0.4, -0.2) is 99.4 Å². The zero-order chi connectivity index (χ0) is 31.6. The molecule has 1 saturated heterocycles. The maximum absolute atomic E-state index is 13.7. The number of likely N-dealkylation sites (N-methyl/N-ethyl adjacent to an activating group) is 1. The largest absolute Gasteiger partial charge is 0.383 e. The standard InChI is InChI=1S/C35H52N6O3/c1-7-41(30-12-10-29(11-13-30)36-14-20-44-6)33-23-28(9-8-15-40-18-16-39(5)17-19-40)22-31(27(33)4)34(42)37-24-32-25(2)21-26(3)38-35(32)43/h21-23,29-30,36H,7,10-20,24H2,1-6H3,(H,37,42)(H,38,43). The van der Waals surface area contributed by atoms with Crippen molar-refractivity contribution >= 4 is 11.6 Å². The summed E-state index contributed by atoms with van der Waals surface area (Å²) < 4.78 is 5.21. The second kappa shape index (κ2) is 16.2. The van der Waals surface area contributed by atoms with Crippen molar-refractivity contribution in [3.63, 3.8) is 0 Å². The van der Waals surface area contributed by atoms with E-state index in [1.54, 1.807) is 7.11 Å². The summed E-state index contributed by atoms with van der Waals surface area (Å²) in [5, 5.41) is 6.66. The molecule has 44 heavy (non-hydrogen) atoms. The molecular weight excluding hydrogens is 552 g/mol. The van der Waals surface area contributed by atoms with E-state index in [9.17, 15) is 9.59 Å². The number of H-pyrrole nitrogens is 1. The number of carbonyl (C=O) groups is 1. The smallest absolute Gasteiger partial charge is 0.253 e. The number of nitrogens with one attached hydrogen (secondary N) is 3. The lowest BCUT2D eigenvalue weighted by molar-refractivity contribution is 0.0950. The second-order valence-corrected chi connectivity index (χ2v) is 12.4. The zero-order valence-electron chi connectivity index (χ0n) is 27.6. The molecule has 1 aliphatic heterocycles. The molecule has 0 spiro atoms. The minimum absolute atomic E-state index is 0.159. The highest BCUT2D eigenvalue weighted by atomic mass is 16.5. The number of ether oxygens (including phenoxy) is 1. The van der Waals surface area contributed by atoms with Crippen LogP contribution < -0.4 is 21.1 Å². The molecule has 2 aliphatic rings. The van der Waals surface area contributed by atoms with Crippen molar-refractivity contribution in [2.45, 2.75) is 72.0 Å². The number of rotatable bonds is 11. The van der Waals surface area contributed by atoms with Crippen LogP contribution in [0.3, 0.4) is 0 Å². The van der Waals surface area contributed by atoms with Crippen molar-refractivity contribution in [3.05, 3.63) is 62.1 Å². The Morgan fingerprint density at radius 1 is 1.09 bits per heavy atom. The minimum Gasteiger partial charge on any atom is -0.383 e. The van der Waals surface area contributed by atoms with Crippen LogP contribution in [0.15, 0.2) is 23.0 Å². The van der Waals surface area contributed by atoms with Gasteiger partial charge in [0.15, 0.2) is 0 Å². The van der Waals surface area contributed by atoms with Gasteiger partial charge in [-0.2, -0.15) is 0 Å². The van der Waals surface area contributed by atoms with Crippen molar-refractivity contribution in [1.29, 1.82) is 0 Å². The van der Waals surface area contributed by atoms with Crippen molar-refractivity contribution < 1.29 is 9.53 Å². The number of benzene rings is 1. The van der Waals surface area contributed by atoms with Crippen LogP contribution in [0.5, 0.6) is 0 Å². The van der Waals surface area contributed by atoms with Gasteiger partial charge in [-0.3, -0.25) is 14.5 Å². The number of aromatic amines is 1. The van der Waals surface area contributed by atoms with Gasteiger partial charge in [-0.05, 0) is 89.8 Å². The first kappa shape index (κ1) is 33.7. The monoisotopic (exact) mass is 604 g/mol. The van der Waals surface area contributed by atoms with Crippen molar-refractivity contribution in [1.82, 2.24) is 25.4 Å². The fourth-order valence-electron chi connectivity index (χ4n) is 6.51. The summed E-state index contributed by atoms with van der Waals surface area (Å²) in [6.07, 6.45) is 4.42. The number of nitrogens with zero attached hydrogens (tertiary/aromatic N) is 3. The van der Waals surface area contributed by atoms with Gasteiger partial charge in [-0.25, -0.2) is 0 Å². The van der Waals surface area contributed by atoms with Crippen LogP contribution in [0.25, 0.3) is 0 Å². The van der Waals surface area contributed by atoms with E-state index in [0.29, 0.717) is 29.8 Å². The number of pyridine rings is 1. The lowest BCUT2D eigenvalue weighted by Crippen LogP contribution is -2.44. The quantitative estimate of drug-likeness (QED) is 0.268. The topological polar surface area (TPSA) is 92.9 Å². The van der Waals surface area contributed by atoms with E-state index in [1.807, 2.05) is 32.9 Å². The third-order valence-corrected chi connectivity index (χ3v) is 9.20. The number of anilines is 1. The fraction of sp³-hybridized carbons (Fsp3) is 0.600. The van der Waals surface area contributed by atoms with E-state index < -0.39 is 0 Å². The van der Waals surface area contributed by atoms with Gasteiger partial charge >= 0.3 is 0 Å². The van der Waals surface area contributed by atoms with Crippen molar-refractivity contribution in [2.75, 3.05) is 71.5 Å². The number of piperazine rings is 1. The van der Waals surface area contributed by atoms with Crippen molar-refractivity contribution in [3.8, 4) is 11.8 Å². The zero-order valence-corrected chi connectivity index (χ0v) is 27.6. The van der Waals surface area contributed by atoms with E-state index >= 15 is 0 Å². The summed E-state index contributed by atoms with van der Waals surface area (Å²) in [6.45, 7) is 15.5. The molecule has 0 unspecified atom stereocenters. The predicted molar refractivity (Wildman–Crippen MR) is 179 cm³/mol. The van der Waals surface area contributed by atoms with Gasteiger partial charge in [-0.15, -0.1) is 0 Å². The van der Waals surface area contributed by atoms with Crippen LogP contribution in [0, 0.1) is 32.6 Å². The number of carbonyl (C=O) groups excluding carboxylic acids is 1. The van der Waals surface area contributed by atoms with Gasteiger partial charge in [0.1, 0.15) is 0 Å². The molecule has 2 fully saturated rings. The normalized spacial score (nSPS) is 19.3. The van der Waals surface area contributed by atoms with Gasteiger partial charge in [0.05, 0.1) is 13.2 Å². The SMILES string of the molecule is CCN(c1cc(C#CCN2CCN(C)CC2)cc(C(=O)NCc2c(C)cc(C)[nH]c2=O)c1C)C1CCC(NCCOC)CC1. The Hall–Kier alpha value is -3.16. The van der Waals surface area contributed by atoms with E-state index in [1.165, 1.54) is 0 Å². The highest BCUT2D eigenvalue weighted by molar-refractivity contribution is 5.97. The van der Waals surface area contributed by atoms with Gasteiger partial charge in [0, 0.05) is 93.1 Å². The van der Waals surface area contributed by atoms with Gasteiger partial charge in [0.25, 0.3) is 11.5 Å². The number of amides is 1. The van der Waals surface area contributed by atoms with Crippen LogP contribution in [-0.2, 0) is 11.3 Å². The summed E-state index contributed by atoms with van der Waals surface area (Å²) >= 11 is 0. The Morgan fingerprint density at radius 3 is 2.48 bits per heavy atom. The molecule has 9 heteroatoms. The maximum Gasteiger partial charge on any atom is 0.253 e. The summed E-state index contributed by atoms with van der Waals surface area (Å²) in [4.78, 5) is 36.4. The molecule has 2 aromatic rings. The Morgan fingerprint density at radius 2 is 1.82 bits per heavy atom. The lowest BCUT2D eigenvalue weighted by atomic mass is 9.89. The number of methoxy groups -OCH3 is 1. The van der Waals surface area contributed by atoms with Crippen molar-refractivity contribution in [2.24, 2.45) is 0 Å². The number of hydrogen-bond donors (Lipinski definition) is 3. The summed E-state index contributed by atoms with van der Waals surface area (Å²) in [6, 6.07) is 6.94. The minimum atomic E-state index is -0.187. The van der Waals surface area contributed by atoms with E-state index in [-0.39, 0.29) is 18.0 Å². The molecule has 1 saturated carbocycles. The fourth-order valence-corrected chi connectivity index (χ4v) is 6.51. The third-order valence-electron chi connectivity index (χ3n) is 9.20. The molecule has 1 aromatic heterocycles. The number of hydrogen-bond acceptors (Lipinski definition) is 7. The van der Waals surface area contributed by atoms with Gasteiger partial charge in [0.2, 0.25) is 0 Å². The summed E-state index contributed by atoms with van der Waals surface area (Å²) in [5.41, 5.74) is 5.59. The maximum atomic E-state index is 13.7. The Kier molecular flexibility index (Phi) is 12.4. The molecule has 9 nitrogen and oxygen atoms in total. The highest BCUT2D eigenvalue weighted by Crippen LogP contribution is 2.32. The van der Waals surface area contributed by atoms with E-state index in [2.05, 4.69) is 62.2 Å². The van der Waals surface area contributed by atoms with Crippen LogP contribution in [0.2, 0.25) is 0 Å². The molecule has 3 N–H and O–H groups in total. The Bertz CT molecular complexity index is 1380. The Labute approximate surface area is 263 Å². The lowest BCUT2D eigenvalue weighted by Gasteiger charge is -2.39.